The Bertz CT molecular complexity index is 531. The lowest BCUT2D eigenvalue weighted by Gasteiger charge is -2.37. The van der Waals surface area contributed by atoms with Crippen LogP contribution < -0.4 is 0 Å². The van der Waals surface area contributed by atoms with Crippen LogP contribution >= 0.6 is 11.3 Å². The number of hydrogen-bond acceptors (Lipinski definition) is 5. The highest BCUT2D eigenvalue weighted by Crippen LogP contribution is 2.21. The van der Waals surface area contributed by atoms with Crippen LogP contribution in [0.3, 0.4) is 0 Å². The van der Waals surface area contributed by atoms with E-state index >= 15 is 0 Å². The molecule has 2 rings (SSSR count). The Morgan fingerprint density at radius 3 is 3.05 bits per heavy atom. The Labute approximate surface area is 121 Å². The average Bonchev–Trinajstić information content (AvgIpc) is 2.93. The highest BCUT2D eigenvalue weighted by Gasteiger charge is 2.30. The van der Waals surface area contributed by atoms with Crippen molar-refractivity contribution in [3.63, 3.8) is 0 Å². The number of morpholine rings is 1. The largest absolute Gasteiger partial charge is 0.394 e. The number of aliphatic hydroxyl groups is 2. The second-order valence-corrected chi connectivity index (χ2v) is 5.65. The summed E-state index contributed by atoms with van der Waals surface area (Å²) in [5, 5.41) is 17.8. The van der Waals surface area contributed by atoms with Crippen molar-refractivity contribution in [1.82, 2.24) is 4.90 Å². The van der Waals surface area contributed by atoms with Crippen molar-refractivity contribution in [3.8, 4) is 11.8 Å². The minimum absolute atomic E-state index is 0.0145. The molecule has 0 spiro atoms. The Morgan fingerprint density at radius 2 is 2.35 bits per heavy atom. The van der Waals surface area contributed by atoms with Gasteiger partial charge in [-0.1, -0.05) is 11.8 Å². The van der Waals surface area contributed by atoms with Crippen LogP contribution in [0.2, 0.25) is 0 Å². The first-order valence-electron chi connectivity index (χ1n) is 6.38. The van der Waals surface area contributed by atoms with E-state index in [1.165, 1.54) is 11.3 Å². The standard InChI is InChI=1S/C14H17NO4S/c1-10-9-19-11(8-17)7-15(10)14(18)13-5-4-12(20-13)3-2-6-16/h4-5,10-11,16-17H,6-9H2,1H3. The quantitative estimate of drug-likeness (QED) is 0.771. The fourth-order valence-electron chi connectivity index (χ4n) is 2.00. The monoisotopic (exact) mass is 295 g/mol. The summed E-state index contributed by atoms with van der Waals surface area (Å²) in [5.74, 6) is 5.28. The van der Waals surface area contributed by atoms with Crippen molar-refractivity contribution in [1.29, 1.82) is 0 Å². The maximum Gasteiger partial charge on any atom is 0.264 e. The average molecular weight is 295 g/mol. The van der Waals surface area contributed by atoms with Crippen LogP contribution in [-0.4, -0.2) is 59.5 Å². The van der Waals surface area contributed by atoms with Crippen molar-refractivity contribution < 1.29 is 19.7 Å². The first-order chi connectivity index (χ1) is 9.65. The van der Waals surface area contributed by atoms with Gasteiger partial charge >= 0.3 is 0 Å². The van der Waals surface area contributed by atoms with E-state index in [9.17, 15) is 4.79 Å². The first kappa shape index (κ1) is 15.0. The molecule has 1 aliphatic heterocycles. The number of hydrogen-bond donors (Lipinski definition) is 2. The lowest BCUT2D eigenvalue weighted by molar-refractivity contribution is -0.0666. The predicted molar refractivity (Wildman–Crippen MR) is 75.6 cm³/mol. The van der Waals surface area contributed by atoms with Crippen molar-refractivity contribution in [2.75, 3.05) is 26.4 Å². The third-order valence-corrected chi connectivity index (χ3v) is 4.07. The zero-order chi connectivity index (χ0) is 14.5. The molecule has 1 aliphatic rings. The van der Waals surface area contributed by atoms with Gasteiger partial charge in [0.1, 0.15) is 6.61 Å². The van der Waals surface area contributed by atoms with Crippen LogP contribution in [0.25, 0.3) is 0 Å². The second kappa shape index (κ2) is 6.86. The molecule has 0 saturated carbocycles. The Morgan fingerprint density at radius 1 is 1.55 bits per heavy atom. The number of amides is 1. The number of nitrogens with zero attached hydrogens (tertiary/aromatic N) is 1. The van der Waals surface area contributed by atoms with Gasteiger partial charge in [-0.3, -0.25) is 4.79 Å². The summed E-state index contributed by atoms with van der Waals surface area (Å²) >= 11 is 1.31. The number of rotatable bonds is 2. The summed E-state index contributed by atoms with van der Waals surface area (Å²) in [6.45, 7) is 2.46. The van der Waals surface area contributed by atoms with Crippen LogP contribution in [0.5, 0.6) is 0 Å². The fourth-order valence-corrected chi connectivity index (χ4v) is 2.84. The SMILES string of the molecule is CC1COC(CO)CN1C(=O)c1ccc(C#CCO)s1. The van der Waals surface area contributed by atoms with E-state index in [4.69, 9.17) is 14.9 Å². The molecular formula is C14H17NO4S. The van der Waals surface area contributed by atoms with Crippen molar-refractivity contribution in [3.05, 3.63) is 21.9 Å². The number of ether oxygens (including phenoxy) is 1. The van der Waals surface area contributed by atoms with E-state index in [1.807, 2.05) is 6.92 Å². The van der Waals surface area contributed by atoms with Gasteiger partial charge in [0, 0.05) is 6.54 Å². The Kier molecular flexibility index (Phi) is 5.15. The van der Waals surface area contributed by atoms with E-state index in [0.29, 0.717) is 18.0 Å². The minimum atomic E-state index is -0.316. The van der Waals surface area contributed by atoms with Gasteiger partial charge in [0.2, 0.25) is 0 Å². The third kappa shape index (κ3) is 3.38. The van der Waals surface area contributed by atoms with E-state index in [2.05, 4.69) is 11.8 Å². The van der Waals surface area contributed by atoms with Gasteiger partial charge in [-0.05, 0) is 19.1 Å². The van der Waals surface area contributed by atoms with Gasteiger partial charge < -0.3 is 19.8 Å². The van der Waals surface area contributed by atoms with Crippen molar-refractivity contribution >= 4 is 17.2 Å². The van der Waals surface area contributed by atoms with Gasteiger partial charge in [-0.15, -0.1) is 11.3 Å². The molecule has 6 heteroatoms. The molecule has 1 fully saturated rings. The van der Waals surface area contributed by atoms with Crippen LogP contribution in [0, 0.1) is 11.8 Å². The topological polar surface area (TPSA) is 70.0 Å². The highest BCUT2D eigenvalue weighted by atomic mass is 32.1. The van der Waals surface area contributed by atoms with Crippen LogP contribution in [-0.2, 0) is 4.74 Å². The summed E-state index contributed by atoms with van der Waals surface area (Å²) in [6, 6.07) is 3.50. The van der Waals surface area contributed by atoms with Crippen molar-refractivity contribution in [2.24, 2.45) is 0 Å². The Hall–Kier alpha value is -1.39. The van der Waals surface area contributed by atoms with E-state index in [-0.39, 0.29) is 31.3 Å². The number of carbonyl (C=O) groups is 1. The molecule has 5 nitrogen and oxygen atoms in total. The van der Waals surface area contributed by atoms with Crippen molar-refractivity contribution in [2.45, 2.75) is 19.1 Å². The minimum Gasteiger partial charge on any atom is -0.394 e. The molecule has 0 bridgehead atoms. The summed E-state index contributed by atoms with van der Waals surface area (Å²) < 4.78 is 5.42. The zero-order valence-electron chi connectivity index (χ0n) is 11.2. The number of thiophene rings is 1. The van der Waals surface area contributed by atoms with Gasteiger partial charge in [0.15, 0.2) is 0 Å². The number of carbonyl (C=O) groups excluding carboxylic acids is 1. The molecule has 2 N–H and O–H groups in total. The summed E-state index contributed by atoms with van der Waals surface area (Å²) in [5.41, 5.74) is 0. The maximum absolute atomic E-state index is 12.5. The van der Waals surface area contributed by atoms with Crippen LogP contribution in [0.15, 0.2) is 12.1 Å². The molecule has 0 radical (unpaired) electrons. The molecule has 1 aromatic heterocycles. The normalized spacial score (nSPS) is 22.2. The molecule has 20 heavy (non-hydrogen) atoms. The highest BCUT2D eigenvalue weighted by molar-refractivity contribution is 7.14. The van der Waals surface area contributed by atoms with E-state index in [0.717, 1.165) is 4.88 Å². The van der Waals surface area contributed by atoms with Gasteiger partial charge in [-0.2, -0.15) is 0 Å². The Balaban J connectivity index is 2.11. The molecule has 1 amide bonds. The lowest BCUT2D eigenvalue weighted by atomic mass is 10.2. The molecular weight excluding hydrogens is 278 g/mol. The maximum atomic E-state index is 12.5. The molecule has 0 aliphatic carbocycles. The number of aliphatic hydroxyl groups excluding tert-OH is 2. The lowest BCUT2D eigenvalue weighted by Crippen LogP contribution is -2.51. The summed E-state index contributed by atoms with van der Waals surface area (Å²) in [7, 11) is 0. The van der Waals surface area contributed by atoms with Gasteiger partial charge in [0.05, 0.1) is 35.1 Å². The fraction of sp³-hybridized carbons (Fsp3) is 0.500. The molecule has 1 aromatic rings. The molecule has 2 unspecified atom stereocenters. The van der Waals surface area contributed by atoms with Crippen LogP contribution in [0.4, 0.5) is 0 Å². The zero-order valence-corrected chi connectivity index (χ0v) is 12.0. The molecule has 2 heterocycles. The third-order valence-electron chi connectivity index (χ3n) is 3.08. The van der Waals surface area contributed by atoms with Gasteiger partial charge in [0.25, 0.3) is 5.91 Å². The molecule has 108 valence electrons. The second-order valence-electron chi connectivity index (χ2n) is 4.57. The van der Waals surface area contributed by atoms with Gasteiger partial charge in [-0.25, -0.2) is 0 Å². The predicted octanol–water partition coefficient (Wildman–Crippen LogP) is 0.314. The molecule has 1 saturated heterocycles. The first-order valence-corrected chi connectivity index (χ1v) is 7.20. The van der Waals surface area contributed by atoms with E-state index in [1.54, 1.807) is 17.0 Å². The van der Waals surface area contributed by atoms with E-state index < -0.39 is 0 Å². The summed E-state index contributed by atoms with van der Waals surface area (Å²) in [4.78, 5) is 15.5. The smallest absolute Gasteiger partial charge is 0.264 e. The summed E-state index contributed by atoms with van der Waals surface area (Å²) in [6.07, 6.45) is -0.316. The molecule has 0 aromatic carbocycles. The molecule has 2 atom stereocenters. The van der Waals surface area contributed by atoms with Crippen LogP contribution in [0.1, 0.15) is 21.5 Å².